The molecule has 1 aliphatic heterocycles. The van der Waals surface area contributed by atoms with Crippen LogP contribution in [0.4, 0.5) is 5.82 Å². The summed E-state index contributed by atoms with van der Waals surface area (Å²) in [5.74, 6) is 1.57. The lowest BCUT2D eigenvalue weighted by Crippen LogP contribution is -2.26. The molecule has 28 heavy (non-hydrogen) atoms. The van der Waals surface area contributed by atoms with Gasteiger partial charge in [-0.1, -0.05) is 42.5 Å². The molecule has 1 N–H and O–H groups in total. The molecule has 2 aromatic carbocycles. The summed E-state index contributed by atoms with van der Waals surface area (Å²) >= 11 is 1.67. The van der Waals surface area contributed by atoms with Gasteiger partial charge in [0.2, 0.25) is 5.91 Å². The predicted molar refractivity (Wildman–Crippen MR) is 109 cm³/mol. The lowest BCUT2D eigenvalue weighted by Gasteiger charge is -2.27. The van der Waals surface area contributed by atoms with Crippen LogP contribution in [0.25, 0.3) is 0 Å². The molecule has 0 fully saturated rings. The first-order valence-corrected chi connectivity index (χ1v) is 9.88. The van der Waals surface area contributed by atoms with E-state index in [0.717, 1.165) is 11.1 Å². The molecule has 2 aromatic heterocycles. The zero-order chi connectivity index (χ0) is 18.9. The van der Waals surface area contributed by atoms with E-state index in [1.54, 1.807) is 22.2 Å². The van der Waals surface area contributed by atoms with Crippen molar-refractivity contribution < 1.29 is 9.53 Å². The van der Waals surface area contributed by atoms with Crippen LogP contribution in [0.3, 0.4) is 0 Å². The average molecular weight is 387 g/mol. The summed E-state index contributed by atoms with van der Waals surface area (Å²) < 4.78 is 7.80. The second-order valence-electron chi connectivity index (χ2n) is 6.55. The van der Waals surface area contributed by atoms with Crippen molar-refractivity contribution in [3.05, 3.63) is 94.3 Å². The van der Waals surface area contributed by atoms with Gasteiger partial charge >= 0.3 is 0 Å². The first-order valence-electron chi connectivity index (χ1n) is 9.00. The Bertz CT molecular complexity index is 1090. The Morgan fingerprint density at radius 3 is 2.39 bits per heavy atom. The number of thiophene rings is 1. The van der Waals surface area contributed by atoms with E-state index in [1.807, 2.05) is 66.0 Å². The van der Waals surface area contributed by atoms with Gasteiger partial charge in [0.15, 0.2) is 0 Å². The number of carbonyl (C=O) groups excluding carboxylic acids is 1. The minimum absolute atomic E-state index is 0.101. The number of anilines is 1. The van der Waals surface area contributed by atoms with E-state index >= 15 is 0 Å². The molecule has 6 heteroatoms. The van der Waals surface area contributed by atoms with Crippen LogP contribution in [0.1, 0.15) is 21.9 Å². The SMILES string of the molecule is O=C(Nc1ccnn1Cc1cccs1)C1c2ccccc2Oc2ccccc21. The van der Waals surface area contributed by atoms with Gasteiger partial charge in [-0.15, -0.1) is 11.3 Å². The fraction of sp³-hybridized carbons (Fsp3) is 0.0909. The van der Waals surface area contributed by atoms with Crippen LogP contribution in [0.15, 0.2) is 78.3 Å². The monoisotopic (exact) mass is 387 g/mol. The zero-order valence-corrected chi connectivity index (χ0v) is 15.7. The average Bonchev–Trinajstić information content (AvgIpc) is 3.39. The Morgan fingerprint density at radius 1 is 1.00 bits per heavy atom. The molecule has 5 nitrogen and oxygen atoms in total. The summed E-state index contributed by atoms with van der Waals surface area (Å²) in [4.78, 5) is 14.5. The first kappa shape index (κ1) is 16.8. The van der Waals surface area contributed by atoms with Crippen molar-refractivity contribution in [1.29, 1.82) is 0 Å². The summed E-state index contributed by atoms with van der Waals surface area (Å²) in [6.07, 6.45) is 1.70. The van der Waals surface area contributed by atoms with Crippen LogP contribution >= 0.6 is 11.3 Å². The number of carbonyl (C=O) groups is 1. The highest BCUT2D eigenvalue weighted by Crippen LogP contribution is 2.44. The van der Waals surface area contributed by atoms with Gasteiger partial charge in [0.25, 0.3) is 0 Å². The molecular formula is C22H17N3O2S. The maximum atomic E-state index is 13.3. The third-order valence-corrected chi connectivity index (χ3v) is 5.66. The number of fused-ring (bicyclic) bond motifs is 2. The topological polar surface area (TPSA) is 56.2 Å². The summed E-state index contributed by atoms with van der Waals surface area (Å²) in [6.45, 7) is 0.626. The molecule has 138 valence electrons. The van der Waals surface area contributed by atoms with Crippen molar-refractivity contribution in [2.45, 2.75) is 12.5 Å². The quantitative estimate of drug-likeness (QED) is 0.544. The molecule has 0 aliphatic carbocycles. The summed E-state index contributed by atoms with van der Waals surface area (Å²) in [5.41, 5.74) is 1.73. The number of hydrogen-bond acceptors (Lipinski definition) is 4. The molecule has 3 heterocycles. The molecule has 0 saturated heterocycles. The third-order valence-electron chi connectivity index (χ3n) is 4.80. The Morgan fingerprint density at radius 2 is 1.71 bits per heavy atom. The molecule has 0 saturated carbocycles. The van der Waals surface area contributed by atoms with E-state index in [0.29, 0.717) is 23.9 Å². The van der Waals surface area contributed by atoms with Crippen molar-refractivity contribution in [3.8, 4) is 11.5 Å². The number of amides is 1. The molecule has 0 bridgehead atoms. The molecule has 0 unspecified atom stereocenters. The van der Waals surface area contributed by atoms with Crippen LogP contribution in [0, 0.1) is 0 Å². The number of hydrogen-bond donors (Lipinski definition) is 1. The fourth-order valence-corrected chi connectivity index (χ4v) is 4.19. The lowest BCUT2D eigenvalue weighted by molar-refractivity contribution is -0.116. The molecule has 0 spiro atoms. The first-order chi connectivity index (χ1) is 13.8. The number of benzene rings is 2. The van der Waals surface area contributed by atoms with E-state index < -0.39 is 5.92 Å². The van der Waals surface area contributed by atoms with Crippen molar-refractivity contribution >= 4 is 23.1 Å². The van der Waals surface area contributed by atoms with E-state index in [9.17, 15) is 4.79 Å². The van der Waals surface area contributed by atoms with Crippen molar-refractivity contribution in [2.75, 3.05) is 5.32 Å². The van der Waals surface area contributed by atoms with Gasteiger partial charge in [0.05, 0.1) is 18.7 Å². The van der Waals surface area contributed by atoms with Gasteiger partial charge in [0.1, 0.15) is 17.3 Å². The number of para-hydroxylation sites is 2. The Balaban J connectivity index is 1.48. The summed E-state index contributed by atoms with van der Waals surface area (Å²) in [5, 5.41) is 9.46. The minimum atomic E-state index is -0.439. The third kappa shape index (κ3) is 2.97. The van der Waals surface area contributed by atoms with E-state index in [-0.39, 0.29) is 5.91 Å². The van der Waals surface area contributed by atoms with Crippen molar-refractivity contribution in [3.63, 3.8) is 0 Å². The zero-order valence-electron chi connectivity index (χ0n) is 14.9. The molecule has 0 atom stereocenters. The Labute approximate surface area is 166 Å². The number of ether oxygens (including phenoxy) is 1. The maximum Gasteiger partial charge on any atom is 0.237 e. The van der Waals surface area contributed by atoms with Gasteiger partial charge in [-0.05, 0) is 23.6 Å². The highest BCUT2D eigenvalue weighted by Gasteiger charge is 2.32. The smallest absolute Gasteiger partial charge is 0.237 e. The van der Waals surface area contributed by atoms with E-state index in [2.05, 4.69) is 16.5 Å². The number of nitrogens with zero attached hydrogens (tertiary/aromatic N) is 2. The molecule has 0 radical (unpaired) electrons. The number of rotatable bonds is 4. The fourth-order valence-electron chi connectivity index (χ4n) is 3.51. The number of aromatic nitrogens is 2. The largest absolute Gasteiger partial charge is 0.457 e. The highest BCUT2D eigenvalue weighted by atomic mass is 32.1. The van der Waals surface area contributed by atoms with Gasteiger partial charge in [-0.3, -0.25) is 4.79 Å². The highest BCUT2D eigenvalue weighted by molar-refractivity contribution is 7.09. The van der Waals surface area contributed by atoms with Crippen LogP contribution < -0.4 is 10.1 Å². The lowest BCUT2D eigenvalue weighted by atomic mass is 9.87. The van der Waals surface area contributed by atoms with Crippen molar-refractivity contribution in [2.24, 2.45) is 0 Å². The van der Waals surface area contributed by atoms with E-state index in [4.69, 9.17) is 4.74 Å². The van der Waals surface area contributed by atoms with Gasteiger partial charge < -0.3 is 10.1 Å². The standard InChI is InChI=1S/C22H17N3O2S/c26-22(24-20-11-12-23-25(20)14-15-6-5-13-28-15)21-16-7-1-3-9-18(16)27-19-10-4-2-8-17(19)21/h1-13,21H,14H2,(H,24,26). The normalized spacial score (nSPS) is 12.7. The van der Waals surface area contributed by atoms with Crippen LogP contribution in [-0.2, 0) is 11.3 Å². The van der Waals surface area contributed by atoms with Gasteiger partial charge in [-0.25, -0.2) is 4.68 Å². The Kier molecular flexibility index (Phi) is 4.18. The van der Waals surface area contributed by atoms with Crippen molar-refractivity contribution in [1.82, 2.24) is 9.78 Å². The van der Waals surface area contributed by atoms with Gasteiger partial charge in [0, 0.05) is 22.1 Å². The van der Waals surface area contributed by atoms with Gasteiger partial charge in [-0.2, -0.15) is 5.10 Å². The molecule has 5 rings (SSSR count). The summed E-state index contributed by atoms with van der Waals surface area (Å²) in [6, 6.07) is 21.3. The van der Waals surface area contributed by atoms with Crippen LogP contribution in [0.5, 0.6) is 11.5 Å². The minimum Gasteiger partial charge on any atom is -0.457 e. The second kappa shape index (κ2) is 6.98. The molecular weight excluding hydrogens is 370 g/mol. The summed E-state index contributed by atoms with van der Waals surface area (Å²) in [7, 11) is 0. The Hall–Kier alpha value is -3.38. The predicted octanol–water partition coefficient (Wildman–Crippen LogP) is 4.87. The van der Waals surface area contributed by atoms with E-state index in [1.165, 1.54) is 4.88 Å². The molecule has 1 aliphatic rings. The molecule has 1 amide bonds. The number of nitrogens with one attached hydrogen (secondary N) is 1. The molecule has 4 aromatic rings. The maximum absolute atomic E-state index is 13.3. The van der Waals surface area contributed by atoms with Crippen LogP contribution in [0.2, 0.25) is 0 Å². The van der Waals surface area contributed by atoms with Crippen LogP contribution in [-0.4, -0.2) is 15.7 Å². The second-order valence-corrected chi connectivity index (χ2v) is 7.59.